The number of hydrogen-bond donors (Lipinski definition) is 1. The van der Waals surface area contributed by atoms with Crippen molar-refractivity contribution < 1.29 is 13.9 Å². The molecular formula is C20H26FNO2. The molecule has 130 valence electrons. The molecule has 0 unspecified atom stereocenters. The maximum Gasteiger partial charge on any atom is 0.224 e. The Labute approximate surface area is 143 Å². The van der Waals surface area contributed by atoms with E-state index in [1.165, 1.54) is 31.7 Å². The third-order valence-corrected chi connectivity index (χ3v) is 5.82. The minimum atomic E-state index is -0.208. The van der Waals surface area contributed by atoms with Crippen molar-refractivity contribution >= 4 is 11.6 Å². The van der Waals surface area contributed by atoms with Crippen LogP contribution in [0.15, 0.2) is 18.2 Å². The number of ether oxygens (including phenoxy) is 1. The normalized spacial score (nSPS) is 21.9. The summed E-state index contributed by atoms with van der Waals surface area (Å²) in [5, 5.41) is 2.91. The van der Waals surface area contributed by atoms with Crippen molar-refractivity contribution in [2.75, 3.05) is 18.5 Å². The molecule has 1 aromatic carbocycles. The minimum absolute atomic E-state index is 0.0389. The van der Waals surface area contributed by atoms with Gasteiger partial charge in [-0.1, -0.05) is 6.07 Å². The molecule has 2 aliphatic carbocycles. The van der Waals surface area contributed by atoms with Crippen LogP contribution in [0, 0.1) is 23.6 Å². The van der Waals surface area contributed by atoms with Gasteiger partial charge in [-0.15, -0.1) is 0 Å². The van der Waals surface area contributed by atoms with Gasteiger partial charge in [0.25, 0.3) is 0 Å². The lowest BCUT2D eigenvalue weighted by Crippen LogP contribution is -2.19. The molecule has 0 spiro atoms. The predicted molar refractivity (Wildman–Crippen MR) is 91.4 cm³/mol. The molecular weight excluding hydrogens is 305 g/mol. The van der Waals surface area contributed by atoms with Crippen molar-refractivity contribution in [3.8, 4) is 0 Å². The molecule has 4 rings (SSSR count). The zero-order chi connectivity index (χ0) is 16.5. The Hall–Kier alpha value is -1.42. The monoisotopic (exact) mass is 331 g/mol. The summed E-state index contributed by atoms with van der Waals surface area (Å²) in [5.74, 6) is 2.14. The lowest BCUT2D eigenvalue weighted by molar-refractivity contribution is -0.117. The van der Waals surface area contributed by atoms with Crippen LogP contribution in [0.25, 0.3) is 0 Å². The number of halogens is 1. The summed E-state index contributed by atoms with van der Waals surface area (Å²) in [7, 11) is 0. The molecule has 0 atom stereocenters. The summed E-state index contributed by atoms with van der Waals surface area (Å²) < 4.78 is 19.8. The van der Waals surface area contributed by atoms with Crippen LogP contribution in [-0.4, -0.2) is 19.1 Å². The molecule has 4 heteroatoms. The van der Waals surface area contributed by atoms with E-state index in [0.29, 0.717) is 31.2 Å². The summed E-state index contributed by atoms with van der Waals surface area (Å²) >= 11 is 0. The summed E-state index contributed by atoms with van der Waals surface area (Å²) in [6.45, 7) is 1.40. The highest BCUT2D eigenvalue weighted by Gasteiger charge is 2.42. The fourth-order valence-corrected chi connectivity index (χ4v) is 4.14. The van der Waals surface area contributed by atoms with Gasteiger partial charge in [0, 0.05) is 25.3 Å². The molecule has 0 radical (unpaired) electrons. The summed E-state index contributed by atoms with van der Waals surface area (Å²) in [6.07, 6.45) is 7.45. The van der Waals surface area contributed by atoms with E-state index in [9.17, 15) is 9.18 Å². The quantitative estimate of drug-likeness (QED) is 0.834. The van der Waals surface area contributed by atoms with E-state index < -0.39 is 0 Å². The van der Waals surface area contributed by atoms with Gasteiger partial charge in [0.2, 0.25) is 5.91 Å². The highest BCUT2D eigenvalue weighted by molar-refractivity contribution is 5.91. The van der Waals surface area contributed by atoms with Gasteiger partial charge < -0.3 is 10.1 Å². The first-order valence-electron chi connectivity index (χ1n) is 9.38. The van der Waals surface area contributed by atoms with Crippen LogP contribution in [0.5, 0.6) is 0 Å². The SMILES string of the molecule is O=C(CC(C1CC1)C1CC1)Nc1ccc(C2CCOCC2)c(F)c1. The van der Waals surface area contributed by atoms with Crippen LogP contribution in [0.3, 0.4) is 0 Å². The molecule has 1 N–H and O–H groups in total. The molecule has 1 aromatic rings. The number of amides is 1. The molecule has 3 fully saturated rings. The van der Waals surface area contributed by atoms with Crippen LogP contribution in [0.1, 0.15) is 56.4 Å². The maximum atomic E-state index is 14.4. The Bertz CT molecular complexity index is 592. The molecule has 1 heterocycles. The van der Waals surface area contributed by atoms with E-state index in [1.54, 1.807) is 0 Å². The number of carbonyl (C=O) groups is 1. The van der Waals surface area contributed by atoms with Crippen molar-refractivity contribution in [1.82, 2.24) is 0 Å². The zero-order valence-electron chi connectivity index (χ0n) is 14.1. The fourth-order valence-electron chi connectivity index (χ4n) is 4.14. The Balaban J connectivity index is 1.37. The average molecular weight is 331 g/mol. The first kappa shape index (κ1) is 16.1. The third-order valence-electron chi connectivity index (χ3n) is 5.82. The number of rotatable bonds is 6. The molecule has 1 saturated heterocycles. The highest BCUT2D eigenvalue weighted by Crippen LogP contribution is 2.50. The highest BCUT2D eigenvalue weighted by atomic mass is 19.1. The van der Waals surface area contributed by atoms with Crippen molar-refractivity contribution in [1.29, 1.82) is 0 Å². The Morgan fingerprint density at radius 3 is 2.38 bits per heavy atom. The van der Waals surface area contributed by atoms with E-state index in [0.717, 1.165) is 30.2 Å². The Kier molecular flexibility index (Phi) is 4.57. The van der Waals surface area contributed by atoms with Gasteiger partial charge in [0.1, 0.15) is 5.82 Å². The van der Waals surface area contributed by atoms with Crippen LogP contribution < -0.4 is 5.32 Å². The second kappa shape index (κ2) is 6.83. The number of anilines is 1. The van der Waals surface area contributed by atoms with Gasteiger partial charge in [-0.3, -0.25) is 4.79 Å². The maximum absolute atomic E-state index is 14.4. The van der Waals surface area contributed by atoms with Gasteiger partial charge in [-0.05, 0) is 79.9 Å². The molecule has 24 heavy (non-hydrogen) atoms. The lowest BCUT2D eigenvalue weighted by Gasteiger charge is -2.23. The summed E-state index contributed by atoms with van der Waals surface area (Å²) in [4.78, 5) is 12.3. The molecule has 2 saturated carbocycles. The van der Waals surface area contributed by atoms with E-state index in [2.05, 4.69) is 5.32 Å². The summed E-state index contributed by atoms with van der Waals surface area (Å²) in [6, 6.07) is 5.15. The van der Waals surface area contributed by atoms with Crippen LogP contribution in [0.2, 0.25) is 0 Å². The van der Waals surface area contributed by atoms with Gasteiger partial charge >= 0.3 is 0 Å². The average Bonchev–Trinajstić information content (AvgIpc) is 3.48. The fraction of sp³-hybridized carbons (Fsp3) is 0.650. The lowest BCUT2D eigenvalue weighted by atomic mass is 9.91. The van der Waals surface area contributed by atoms with E-state index in [-0.39, 0.29) is 17.6 Å². The van der Waals surface area contributed by atoms with Crippen LogP contribution in [-0.2, 0) is 9.53 Å². The first-order valence-corrected chi connectivity index (χ1v) is 9.38. The second-order valence-electron chi connectivity index (χ2n) is 7.71. The number of nitrogens with one attached hydrogen (secondary N) is 1. The van der Waals surface area contributed by atoms with Crippen molar-refractivity contribution in [2.45, 2.75) is 50.9 Å². The van der Waals surface area contributed by atoms with E-state index >= 15 is 0 Å². The molecule has 1 aliphatic heterocycles. The van der Waals surface area contributed by atoms with Crippen LogP contribution in [0.4, 0.5) is 10.1 Å². The van der Waals surface area contributed by atoms with Gasteiger partial charge in [-0.2, -0.15) is 0 Å². The van der Waals surface area contributed by atoms with Crippen molar-refractivity contribution in [3.63, 3.8) is 0 Å². The number of benzene rings is 1. The Morgan fingerprint density at radius 2 is 1.79 bits per heavy atom. The molecule has 0 bridgehead atoms. The minimum Gasteiger partial charge on any atom is -0.381 e. The topological polar surface area (TPSA) is 38.3 Å². The van der Waals surface area contributed by atoms with E-state index in [4.69, 9.17) is 4.74 Å². The predicted octanol–water partition coefficient (Wildman–Crippen LogP) is 4.48. The number of hydrogen-bond acceptors (Lipinski definition) is 2. The first-order chi connectivity index (χ1) is 11.7. The van der Waals surface area contributed by atoms with Gasteiger partial charge in [0.15, 0.2) is 0 Å². The molecule has 1 amide bonds. The number of carbonyl (C=O) groups excluding carboxylic acids is 1. The molecule has 3 nitrogen and oxygen atoms in total. The standard InChI is InChI=1S/C20H26FNO2/c21-19-11-16(5-6-17(19)15-7-9-24-10-8-15)22-20(23)12-18(13-1-2-13)14-3-4-14/h5-6,11,13-15,18H,1-4,7-10,12H2,(H,22,23). The molecule has 0 aromatic heterocycles. The summed E-state index contributed by atoms with van der Waals surface area (Å²) in [5.41, 5.74) is 1.34. The third kappa shape index (κ3) is 3.80. The van der Waals surface area contributed by atoms with Crippen LogP contribution >= 0.6 is 0 Å². The Morgan fingerprint density at radius 1 is 1.12 bits per heavy atom. The van der Waals surface area contributed by atoms with Crippen molar-refractivity contribution in [3.05, 3.63) is 29.6 Å². The van der Waals surface area contributed by atoms with E-state index in [1.807, 2.05) is 12.1 Å². The van der Waals surface area contributed by atoms with Crippen molar-refractivity contribution in [2.24, 2.45) is 17.8 Å². The van der Waals surface area contributed by atoms with Gasteiger partial charge in [-0.25, -0.2) is 4.39 Å². The largest absolute Gasteiger partial charge is 0.381 e. The van der Waals surface area contributed by atoms with Gasteiger partial charge in [0.05, 0.1) is 0 Å². The molecule has 3 aliphatic rings. The smallest absolute Gasteiger partial charge is 0.224 e. The second-order valence-corrected chi connectivity index (χ2v) is 7.71. The zero-order valence-corrected chi connectivity index (χ0v) is 14.1.